The number of amides is 2. The van der Waals surface area contributed by atoms with Crippen molar-refractivity contribution in [2.24, 2.45) is 23.3 Å². The molecule has 3 atom stereocenters. The van der Waals surface area contributed by atoms with E-state index in [-0.39, 0.29) is 83.4 Å². The lowest BCUT2D eigenvalue weighted by Crippen LogP contribution is -2.48. The van der Waals surface area contributed by atoms with Gasteiger partial charge in [0.1, 0.15) is 65.9 Å². The van der Waals surface area contributed by atoms with Crippen LogP contribution >= 0.6 is 23.4 Å². The maximum Gasteiger partial charge on any atom is 0.329 e. The molecular formula is C42H48ClN9O8S. The summed E-state index contributed by atoms with van der Waals surface area (Å²) in [5.41, 5.74) is 19.3. The highest BCUT2D eigenvalue weighted by Crippen LogP contribution is 2.37. The Morgan fingerprint density at radius 2 is 1.39 bits per heavy atom. The van der Waals surface area contributed by atoms with Crippen LogP contribution in [0.2, 0.25) is 5.02 Å². The van der Waals surface area contributed by atoms with E-state index < -0.39 is 48.5 Å². The van der Waals surface area contributed by atoms with E-state index in [1.54, 1.807) is 48.5 Å². The molecule has 2 aromatic heterocycles. The average Bonchev–Trinajstić information content (AvgIpc) is 3.72. The zero-order valence-corrected chi connectivity index (χ0v) is 35.7. The summed E-state index contributed by atoms with van der Waals surface area (Å²) in [6.07, 6.45) is 0.826. The van der Waals surface area contributed by atoms with Crippen LogP contribution in [0.15, 0.2) is 64.2 Å². The van der Waals surface area contributed by atoms with Gasteiger partial charge >= 0.3 is 11.9 Å². The van der Waals surface area contributed by atoms with Gasteiger partial charge in [-0.2, -0.15) is 10.5 Å². The second-order valence-electron chi connectivity index (χ2n) is 14.5. The van der Waals surface area contributed by atoms with Crippen LogP contribution in [-0.4, -0.2) is 78.2 Å². The molecule has 0 aliphatic heterocycles. The number of aromatic nitrogens is 2. The minimum absolute atomic E-state index is 0.00548. The van der Waals surface area contributed by atoms with Crippen LogP contribution in [-0.2, 0) is 34.4 Å². The molecule has 0 bridgehead atoms. The van der Waals surface area contributed by atoms with Gasteiger partial charge in [0.2, 0.25) is 17.7 Å². The molecule has 17 nitrogen and oxygen atoms in total. The number of hydrogen-bond acceptors (Lipinski definition) is 16. The molecule has 0 radical (unpaired) electrons. The van der Waals surface area contributed by atoms with Crippen LogP contribution in [0.1, 0.15) is 57.4 Å². The minimum atomic E-state index is -1.17. The summed E-state index contributed by atoms with van der Waals surface area (Å²) in [5, 5.41) is 26.4. The molecule has 61 heavy (non-hydrogen) atoms. The van der Waals surface area contributed by atoms with E-state index in [4.69, 9.17) is 47.4 Å². The third-order valence-corrected chi connectivity index (χ3v) is 9.97. The molecule has 2 amide bonds. The Labute approximate surface area is 362 Å². The second-order valence-corrected chi connectivity index (χ2v) is 15.9. The van der Waals surface area contributed by atoms with Crippen molar-refractivity contribution in [3.8, 4) is 40.5 Å². The largest absolute Gasteiger partial charge is 0.490 e. The van der Waals surface area contributed by atoms with E-state index in [1.807, 2.05) is 27.7 Å². The Morgan fingerprint density at radius 3 is 1.95 bits per heavy atom. The highest BCUT2D eigenvalue weighted by atomic mass is 35.5. The van der Waals surface area contributed by atoms with Crippen LogP contribution in [0.4, 0.5) is 5.82 Å². The van der Waals surface area contributed by atoms with Crippen LogP contribution < -0.4 is 32.6 Å². The van der Waals surface area contributed by atoms with Gasteiger partial charge in [-0.05, 0) is 66.6 Å². The number of anilines is 1. The van der Waals surface area contributed by atoms with Gasteiger partial charge in [-0.1, -0.05) is 63.2 Å². The number of halogens is 1. The van der Waals surface area contributed by atoms with E-state index in [0.717, 1.165) is 5.56 Å². The predicted octanol–water partition coefficient (Wildman–Crippen LogP) is 4.49. The first-order chi connectivity index (χ1) is 29.1. The van der Waals surface area contributed by atoms with Crippen molar-refractivity contribution in [2.45, 2.75) is 69.5 Å². The number of rotatable bonds is 21. The van der Waals surface area contributed by atoms with Gasteiger partial charge in [-0.25, -0.2) is 19.6 Å². The predicted molar refractivity (Wildman–Crippen MR) is 227 cm³/mol. The summed E-state index contributed by atoms with van der Waals surface area (Å²) in [6.45, 7) is 6.02. The first-order valence-electron chi connectivity index (χ1n) is 19.2. The average molecular weight is 874 g/mol. The van der Waals surface area contributed by atoms with Crippen LogP contribution in [0.5, 0.6) is 5.75 Å². The summed E-state index contributed by atoms with van der Waals surface area (Å²) in [6, 6.07) is 15.6. The van der Waals surface area contributed by atoms with Crippen LogP contribution in [0.25, 0.3) is 22.6 Å². The molecule has 0 saturated carbocycles. The normalized spacial score (nSPS) is 12.4. The zero-order chi connectivity index (χ0) is 44.6. The molecule has 0 fully saturated rings. The number of esters is 2. The summed E-state index contributed by atoms with van der Waals surface area (Å²) < 4.78 is 22.9. The number of hydrogen-bond donors (Lipinski definition) is 5. The number of thioether (sulfide) groups is 1. The smallest absolute Gasteiger partial charge is 0.329 e. The zero-order valence-electron chi connectivity index (χ0n) is 34.1. The SMILES string of the molecule is CC(C)C[C@H](NC(=O)CN)C(=O)OC[C@H](COc1ccc(-c2c(C#N)c(N)nc(SCc3coc(-c4ccc(Cl)cc4)n3)c2C#N)cc1)OC(=O)[C@H](CC(C)C)NC(=O)CN. The molecule has 2 aromatic carbocycles. The Hall–Kier alpha value is -6.18. The first-order valence-corrected chi connectivity index (χ1v) is 20.6. The fourth-order valence-corrected chi connectivity index (χ4v) is 6.85. The Bertz CT molecular complexity index is 2240. The standard InChI is InChI=1S/C42H48ClN9O8S/c1-23(2)13-33(50-35(53)17-46)41(55)59-21-30(60-42(56)34(14-24(3)4)51-36(54)18-47)20-57-29-11-7-25(8-12-29)37-31(15-44)38(48)52-40(32(37)16-45)61-22-28-19-58-39(49-28)26-5-9-27(43)10-6-26/h5-12,19,23-24,30,33-34H,13-14,17-18,20-22,46-47H2,1-4H3,(H2,48,52)(H,50,53)(H,51,54)/t30-,33-,34-/m0/s1. The van der Waals surface area contributed by atoms with E-state index in [9.17, 15) is 29.7 Å². The van der Waals surface area contributed by atoms with E-state index in [1.165, 1.54) is 18.0 Å². The Balaban J connectivity index is 1.55. The minimum Gasteiger partial charge on any atom is -0.490 e. The first kappa shape index (κ1) is 47.5. The molecule has 0 unspecified atom stereocenters. The number of oxazole rings is 1. The summed E-state index contributed by atoms with van der Waals surface area (Å²) in [5.74, 6) is -1.80. The number of nitrogen functional groups attached to an aromatic ring is 1. The van der Waals surface area contributed by atoms with Crippen molar-refractivity contribution in [3.05, 3.63) is 76.6 Å². The van der Waals surface area contributed by atoms with Crippen molar-refractivity contribution in [3.63, 3.8) is 0 Å². The molecule has 322 valence electrons. The van der Waals surface area contributed by atoms with Gasteiger partial charge in [-0.15, -0.1) is 0 Å². The molecule has 19 heteroatoms. The highest BCUT2D eigenvalue weighted by Gasteiger charge is 2.29. The van der Waals surface area contributed by atoms with E-state index in [0.29, 0.717) is 22.2 Å². The number of benzene rings is 2. The number of ether oxygens (including phenoxy) is 3. The van der Waals surface area contributed by atoms with Crippen molar-refractivity contribution in [1.82, 2.24) is 20.6 Å². The van der Waals surface area contributed by atoms with Crippen LogP contribution in [0.3, 0.4) is 0 Å². The lowest BCUT2D eigenvalue weighted by atomic mass is 9.97. The lowest BCUT2D eigenvalue weighted by Gasteiger charge is -2.25. The van der Waals surface area contributed by atoms with Gasteiger partial charge < -0.3 is 46.5 Å². The van der Waals surface area contributed by atoms with Gasteiger partial charge in [0.15, 0.2) is 6.10 Å². The monoisotopic (exact) mass is 873 g/mol. The van der Waals surface area contributed by atoms with Gasteiger partial charge in [0.25, 0.3) is 0 Å². The highest BCUT2D eigenvalue weighted by molar-refractivity contribution is 7.98. The number of nitrogens with zero attached hydrogens (tertiary/aromatic N) is 4. The lowest BCUT2D eigenvalue weighted by molar-refractivity contribution is -0.164. The number of nitriles is 2. The Kier molecular flexibility index (Phi) is 17.9. The maximum absolute atomic E-state index is 13.4. The molecule has 0 spiro atoms. The van der Waals surface area contributed by atoms with Gasteiger partial charge in [-0.3, -0.25) is 9.59 Å². The molecule has 0 saturated heterocycles. The fourth-order valence-electron chi connectivity index (χ4n) is 5.85. The van der Waals surface area contributed by atoms with Crippen molar-refractivity contribution >= 4 is 52.9 Å². The number of carbonyl (C=O) groups is 4. The molecule has 0 aliphatic carbocycles. The van der Waals surface area contributed by atoms with Gasteiger partial charge in [0, 0.05) is 21.9 Å². The third kappa shape index (κ3) is 13.9. The van der Waals surface area contributed by atoms with Gasteiger partial charge in [0.05, 0.1) is 24.3 Å². The number of nitrogens with two attached hydrogens (primary N) is 3. The van der Waals surface area contributed by atoms with Crippen molar-refractivity contribution in [2.75, 3.05) is 32.0 Å². The quantitative estimate of drug-likeness (QED) is 0.0569. The molecule has 4 rings (SSSR count). The molecule has 4 aromatic rings. The Morgan fingerprint density at radius 1 is 0.820 bits per heavy atom. The third-order valence-electron chi connectivity index (χ3n) is 8.71. The number of nitrogens with one attached hydrogen (secondary N) is 2. The van der Waals surface area contributed by atoms with E-state index in [2.05, 4.69) is 32.7 Å². The molecule has 0 aliphatic rings. The number of carbonyl (C=O) groups excluding carboxylic acids is 4. The maximum atomic E-state index is 13.4. The molecule has 8 N–H and O–H groups in total. The summed E-state index contributed by atoms with van der Waals surface area (Å²) in [4.78, 5) is 59.7. The second kappa shape index (κ2) is 23.0. The van der Waals surface area contributed by atoms with Crippen LogP contribution in [0, 0.1) is 34.5 Å². The summed E-state index contributed by atoms with van der Waals surface area (Å²) in [7, 11) is 0. The fraction of sp³-hybridized carbons (Fsp3) is 0.381. The number of pyridine rings is 1. The van der Waals surface area contributed by atoms with E-state index >= 15 is 0 Å². The van der Waals surface area contributed by atoms with Crippen molar-refractivity contribution in [1.29, 1.82) is 10.5 Å². The molecular weight excluding hydrogens is 826 g/mol. The molecule has 2 heterocycles. The topological polar surface area (TPSA) is 285 Å². The van der Waals surface area contributed by atoms with Crippen molar-refractivity contribution < 1.29 is 37.8 Å². The summed E-state index contributed by atoms with van der Waals surface area (Å²) >= 11 is 7.20.